The first kappa shape index (κ1) is 16.7. The number of sulfonamides is 1. The Kier molecular flexibility index (Phi) is 5.33. The summed E-state index contributed by atoms with van der Waals surface area (Å²) in [5.41, 5.74) is 0. The minimum atomic E-state index is -4.28. The first-order chi connectivity index (χ1) is 10.4. The minimum absolute atomic E-state index is 0.00304. The fourth-order valence-corrected chi connectivity index (χ4v) is 2.96. The molecule has 0 spiro atoms. The quantitative estimate of drug-likeness (QED) is 0.817. The second-order valence-corrected chi connectivity index (χ2v) is 6.39. The Morgan fingerprint density at radius 3 is 2.23 bits per heavy atom. The lowest BCUT2D eigenvalue weighted by Gasteiger charge is -2.09. The van der Waals surface area contributed by atoms with Gasteiger partial charge in [0.1, 0.15) is 24.0 Å². The molecule has 2 rings (SSSR count). The molecule has 0 aliphatic heterocycles. The van der Waals surface area contributed by atoms with Crippen molar-refractivity contribution in [2.75, 3.05) is 13.2 Å². The van der Waals surface area contributed by atoms with E-state index in [4.69, 9.17) is 16.3 Å². The van der Waals surface area contributed by atoms with E-state index in [2.05, 4.69) is 4.72 Å². The standard InChI is InChI=1S/C14H12ClF2NO3S/c15-10-4-6-11(7-5-10)21-9-8-18-22(19,20)14-12(16)2-1-3-13(14)17/h1-7,18H,8-9H2. The number of nitrogens with one attached hydrogen (secondary N) is 1. The predicted molar refractivity (Wildman–Crippen MR) is 78.5 cm³/mol. The Hall–Kier alpha value is -1.70. The van der Waals surface area contributed by atoms with Gasteiger partial charge in [-0.3, -0.25) is 0 Å². The summed E-state index contributed by atoms with van der Waals surface area (Å²) in [6.45, 7) is -0.143. The Labute approximate surface area is 131 Å². The van der Waals surface area contributed by atoms with Crippen LogP contribution in [0.3, 0.4) is 0 Å². The molecule has 0 bridgehead atoms. The van der Waals surface area contributed by atoms with E-state index in [1.165, 1.54) is 0 Å². The van der Waals surface area contributed by atoms with Gasteiger partial charge in [-0.05, 0) is 36.4 Å². The number of benzene rings is 2. The van der Waals surface area contributed by atoms with Gasteiger partial charge in [0.25, 0.3) is 0 Å². The van der Waals surface area contributed by atoms with Crippen molar-refractivity contribution >= 4 is 21.6 Å². The highest BCUT2D eigenvalue weighted by molar-refractivity contribution is 7.89. The van der Waals surface area contributed by atoms with E-state index in [0.717, 1.165) is 18.2 Å². The molecular weight excluding hydrogens is 336 g/mol. The number of rotatable bonds is 6. The SMILES string of the molecule is O=S(=O)(NCCOc1ccc(Cl)cc1)c1c(F)cccc1F. The molecule has 0 saturated heterocycles. The first-order valence-corrected chi connectivity index (χ1v) is 8.08. The van der Waals surface area contributed by atoms with Gasteiger partial charge in [-0.25, -0.2) is 21.9 Å². The largest absolute Gasteiger partial charge is 0.492 e. The molecule has 1 N–H and O–H groups in total. The third-order valence-electron chi connectivity index (χ3n) is 2.66. The summed E-state index contributed by atoms with van der Waals surface area (Å²) < 4.78 is 58.0. The van der Waals surface area contributed by atoms with Crippen LogP contribution in [-0.2, 0) is 10.0 Å². The van der Waals surface area contributed by atoms with Gasteiger partial charge in [-0.15, -0.1) is 0 Å². The second-order valence-electron chi connectivity index (χ2n) is 4.25. The topological polar surface area (TPSA) is 55.4 Å². The van der Waals surface area contributed by atoms with Crippen molar-refractivity contribution in [1.29, 1.82) is 0 Å². The van der Waals surface area contributed by atoms with E-state index in [9.17, 15) is 17.2 Å². The molecule has 0 atom stereocenters. The van der Waals surface area contributed by atoms with E-state index < -0.39 is 26.6 Å². The van der Waals surface area contributed by atoms with Crippen LogP contribution in [0.25, 0.3) is 0 Å². The van der Waals surface area contributed by atoms with Crippen LogP contribution >= 0.6 is 11.6 Å². The molecule has 0 aliphatic carbocycles. The van der Waals surface area contributed by atoms with Crippen LogP contribution in [-0.4, -0.2) is 21.6 Å². The van der Waals surface area contributed by atoms with Crippen molar-refractivity contribution in [3.63, 3.8) is 0 Å². The second kappa shape index (κ2) is 7.04. The monoisotopic (exact) mass is 347 g/mol. The maximum Gasteiger partial charge on any atom is 0.246 e. The fourth-order valence-electron chi connectivity index (χ4n) is 1.69. The zero-order valence-electron chi connectivity index (χ0n) is 11.2. The molecule has 0 saturated carbocycles. The average Bonchev–Trinajstić information content (AvgIpc) is 2.45. The lowest BCUT2D eigenvalue weighted by molar-refractivity contribution is 0.322. The molecule has 22 heavy (non-hydrogen) atoms. The Balaban J connectivity index is 1.94. The van der Waals surface area contributed by atoms with Crippen LogP contribution in [0.4, 0.5) is 8.78 Å². The van der Waals surface area contributed by atoms with Crippen molar-refractivity contribution in [2.24, 2.45) is 0 Å². The maximum absolute atomic E-state index is 13.5. The van der Waals surface area contributed by atoms with Crippen molar-refractivity contribution in [2.45, 2.75) is 4.90 Å². The Bertz CT molecular complexity index is 731. The number of halogens is 3. The van der Waals surface area contributed by atoms with E-state index in [0.29, 0.717) is 10.8 Å². The molecule has 118 valence electrons. The third kappa shape index (κ3) is 4.16. The molecule has 0 amide bonds. The summed E-state index contributed by atoms with van der Waals surface area (Å²) in [5, 5.41) is 0.545. The Morgan fingerprint density at radius 1 is 1.05 bits per heavy atom. The van der Waals surface area contributed by atoms with Gasteiger partial charge >= 0.3 is 0 Å². The van der Waals surface area contributed by atoms with Gasteiger partial charge < -0.3 is 4.74 Å². The van der Waals surface area contributed by atoms with E-state index >= 15 is 0 Å². The molecule has 0 radical (unpaired) electrons. The summed E-state index contributed by atoms with van der Waals surface area (Å²) in [7, 11) is -4.28. The van der Waals surface area contributed by atoms with Crippen LogP contribution in [0.5, 0.6) is 5.75 Å². The molecule has 2 aromatic carbocycles. The van der Waals surface area contributed by atoms with Crippen LogP contribution in [0.2, 0.25) is 5.02 Å². The highest BCUT2D eigenvalue weighted by Gasteiger charge is 2.23. The van der Waals surface area contributed by atoms with Gasteiger partial charge in [0.15, 0.2) is 4.90 Å². The van der Waals surface area contributed by atoms with Crippen LogP contribution in [0.15, 0.2) is 47.4 Å². The summed E-state index contributed by atoms with van der Waals surface area (Å²) in [4.78, 5) is -0.999. The van der Waals surface area contributed by atoms with Gasteiger partial charge in [0, 0.05) is 11.6 Å². The van der Waals surface area contributed by atoms with E-state index in [-0.39, 0.29) is 13.2 Å². The average molecular weight is 348 g/mol. The summed E-state index contributed by atoms with van der Waals surface area (Å²) in [5.74, 6) is -1.79. The van der Waals surface area contributed by atoms with Crippen molar-refractivity contribution in [3.8, 4) is 5.75 Å². The summed E-state index contributed by atoms with van der Waals surface area (Å²) >= 11 is 5.71. The summed E-state index contributed by atoms with van der Waals surface area (Å²) in [6, 6.07) is 9.32. The van der Waals surface area contributed by atoms with Crippen LogP contribution < -0.4 is 9.46 Å². The normalized spacial score (nSPS) is 11.4. The van der Waals surface area contributed by atoms with Gasteiger partial charge in [0.2, 0.25) is 10.0 Å². The third-order valence-corrected chi connectivity index (χ3v) is 4.43. The highest BCUT2D eigenvalue weighted by Crippen LogP contribution is 2.18. The molecule has 0 unspecified atom stereocenters. The molecule has 0 aliphatic rings. The van der Waals surface area contributed by atoms with Gasteiger partial charge in [-0.2, -0.15) is 0 Å². The molecule has 0 aromatic heterocycles. The molecule has 2 aromatic rings. The van der Waals surface area contributed by atoms with E-state index in [1.807, 2.05) is 0 Å². The highest BCUT2D eigenvalue weighted by atomic mass is 35.5. The van der Waals surface area contributed by atoms with Crippen LogP contribution in [0, 0.1) is 11.6 Å². The first-order valence-electron chi connectivity index (χ1n) is 6.22. The van der Waals surface area contributed by atoms with Crippen molar-refractivity contribution in [1.82, 2.24) is 4.72 Å². The Morgan fingerprint density at radius 2 is 1.64 bits per heavy atom. The van der Waals surface area contributed by atoms with Crippen molar-refractivity contribution < 1.29 is 21.9 Å². The van der Waals surface area contributed by atoms with Gasteiger partial charge in [-0.1, -0.05) is 17.7 Å². The van der Waals surface area contributed by atoms with Crippen LogP contribution in [0.1, 0.15) is 0 Å². The molecule has 8 heteroatoms. The number of ether oxygens (including phenoxy) is 1. The fraction of sp³-hybridized carbons (Fsp3) is 0.143. The lowest BCUT2D eigenvalue weighted by Crippen LogP contribution is -2.29. The maximum atomic E-state index is 13.5. The van der Waals surface area contributed by atoms with Gasteiger partial charge in [0.05, 0.1) is 0 Å². The predicted octanol–water partition coefficient (Wildman–Crippen LogP) is 2.98. The number of hydrogen-bond donors (Lipinski definition) is 1. The zero-order chi connectivity index (χ0) is 16.2. The number of hydrogen-bond acceptors (Lipinski definition) is 3. The zero-order valence-corrected chi connectivity index (χ0v) is 12.8. The minimum Gasteiger partial charge on any atom is -0.492 e. The molecule has 0 fully saturated rings. The molecule has 0 heterocycles. The lowest BCUT2D eigenvalue weighted by atomic mass is 10.3. The molecular formula is C14H12ClF2NO3S. The molecule has 4 nitrogen and oxygen atoms in total. The van der Waals surface area contributed by atoms with E-state index in [1.54, 1.807) is 24.3 Å². The summed E-state index contributed by atoms with van der Waals surface area (Å²) in [6.07, 6.45) is 0. The smallest absolute Gasteiger partial charge is 0.246 e. The van der Waals surface area contributed by atoms with Crippen molar-refractivity contribution in [3.05, 3.63) is 59.1 Å².